The van der Waals surface area contributed by atoms with Gasteiger partial charge >= 0.3 is 5.97 Å². The monoisotopic (exact) mass is 329 g/mol. The number of phenols is 1. The van der Waals surface area contributed by atoms with Crippen LogP contribution in [0.15, 0.2) is 30.6 Å². The number of ether oxygens (including phenoxy) is 1. The molecule has 2 heterocycles. The van der Waals surface area contributed by atoms with Crippen LogP contribution in [-0.4, -0.2) is 52.0 Å². The van der Waals surface area contributed by atoms with Crippen LogP contribution in [-0.2, 0) is 11.2 Å². The largest absolute Gasteiger partial charge is 0.507 e. The van der Waals surface area contributed by atoms with E-state index in [1.165, 1.54) is 18.5 Å². The van der Waals surface area contributed by atoms with Gasteiger partial charge in [-0.05, 0) is 37.1 Å². The number of aryl methyl sites for hydroxylation is 1. The van der Waals surface area contributed by atoms with Crippen LogP contribution in [0.5, 0.6) is 5.75 Å². The van der Waals surface area contributed by atoms with Gasteiger partial charge in [0, 0.05) is 24.3 Å². The lowest BCUT2D eigenvalue weighted by Crippen LogP contribution is -2.38. The van der Waals surface area contributed by atoms with Crippen molar-refractivity contribution >= 4 is 5.97 Å². The van der Waals surface area contributed by atoms with Gasteiger partial charge in [-0.3, -0.25) is 0 Å². The van der Waals surface area contributed by atoms with E-state index in [-0.39, 0.29) is 17.4 Å². The zero-order valence-electron chi connectivity index (χ0n) is 13.1. The Morgan fingerprint density at radius 3 is 2.96 bits per heavy atom. The quantitative estimate of drug-likeness (QED) is 0.763. The zero-order chi connectivity index (χ0) is 16.9. The van der Waals surface area contributed by atoms with Gasteiger partial charge in [0.1, 0.15) is 17.6 Å². The minimum Gasteiger partial charge on any atom is -0.507 e. The fraction of sp³-hybridized carbons (Fsp3) is 0.353. The number of carboxylic acid groups (broad SMARTS) is 1. The minimum atomic E-state index is -1.18. The minimum absolute atomic E-state index is 0.144. The normalized spacial score (nSPS) is 17.6. The van der Waals surface area contributed by atoms with Crippen LogP contribution in [0.25, 0.3) is 11.3 Å². The third kappa shape index (κ3) is 3.87. The predicted molar refractivity (Wildman–Crippen MR) is 87.0 cm³/mol. The molecule has 1 saturated heterocycles. The van der Waals surface area contributed by atoms with Gasteiger partial charge in [-0.2, -0.15) is 0 Å². The van der Waals surface area contributed by atoms with E-state index in [0.717, 1.165) is 38.2 Å². The van der Waals surface area contributed by atoms with E-state index in [1.54, 1.807) is 6.07 Å². The lowest BCUT2D eigenvalue weighted by Gasteiger charge is -2.23. The van der Waals surface area contributed by atoms with Crippen molar-refractivity contribution in [3.8, 4) is 17.0 Å². The molecule has 126 valence electrons. The van der Waals surface area contributed by atoms with Crippen LogP contribution < -0.4 is 5.32 Å². The van der Waals surface area contributed by atoms with Crippen molar-refractivity contribution < 1.29 is 19.7 Å². The summed E-state index contributed by atoms with van der Waals surface area (Å²) in [6.45, 7) is 2.46. The second-order valence-corrected chi connectivity index (χ2v) is 5.67. The number of aromatic nitrogens is 2. The number of hydrogen-bond donors (Lipinski definition) is 3. The van der Waals surface area contributed by atoms with Gasteiger partial charge in [0.05, 0.1) is 18.4 Å². The van der Waals surface area contributed by atoms with Crippen molar-refractivity contribution in [2.45, 2.75) is 18.9 Å². The van der Waals surface area contributed by atoms with E-state index in [2.05, 4.69) is 15.3 Å². The van der Waals surface area contributed by atoms with E-state index >= 15 is 0 Å². The van der Waals surface area contributed by atoms with Gasteiger partial charge in [0.2, 0.25) is 0 Å². The fourth-order valence-corrected chi connectivity index (χ4v) is 2.67. The Hall–Kier alpha value is -2.51. The van der Waals surface area contributed by atoms with E-state index in [0.29, 0.717) is 11.3 Å². The molecule has 7 heteroatoms. The number of benzene rings is 1. The average molecular weight is 329 g/mol. The molecule has 1 unspecified atom stereocenters. The van der Waals surface area contributed by atoms with Gasteiger partial charge in [0.25, 0.3) is 0 Å². The molecule has 24 heavy (non-hydrogen) atoms. The maximum atomic E-state index is 11.1. The Labute approximate surface area is 139 Å². The molecule has 3 rings (SSSR count). The van der Waals surface area contributed by atoms with E-state index < -0.39 is 5.97 Å². The third-order valence-corrected chi connectivity index (χ3v) is 3.97. The molecule has 1 aromatic carbocycles. The van der Waals surface area contributed by atoms with Crippen molar-refractivity contribution in [2.75, 3.05) is 19.7 Å². The fourth-order valence-electron chi connectivity index (χ4n) is 2.67. The van der Waals surface area contributed by atoms with E-state index in [9.17, 15) is 9.90 Å². The Morgan fingerprint density at radius 2 is 2.21 bits per heavy atom. The highest BCUT2D eigenvalue weighted by Gasteiger charge is 2.15. The highest BCUT2D eigenvalue weighted by molar-refractivity contribution is 5.92. The Kier molecular flexibility index (Phi) is 5.02. The van der Waals surface area contributed by atoms with Crippen molar-refractivity contribution in [3.63, 3.8) is 0 Å². The Balaban J connectivity index is 1.75. The summed E-state index contributed by atoms with van der Waals surface area (Å²) < 4.78 is 5.67. The molecule has 1 fully saturated rings. The number of carbonyl (C=O) groups is 1. The molecule has 3 N–H and O–H groups in total. The summed E-state index contributed by atoms with van der Waals surface area (Å²) in [6, 6.07) is 6.26. The summed E-state index contributed by atoms with van der Waals surface area (Å²) in [6.07, 6.45) is 3.27. The SMILES string of the molecule is O=C(O)c1cc(-c2cc(CCC3CNCCO3)ncn2)ccc1O. The second-order valence-electron chi connectivity index (χ2n) is 5.67. The van der Waals surface area contributed by atoms with Crippen LogP contribution in [0.2, 0.25) is 0 Å². The van der Waals surface area contributed by atoms with Gasteiger partial charge < -0.3 is 20.3 Å². The molecule has 0 amide bonds. The van der Waals surface area contributed by atoms with E-state index in [4.69, 9.17) is 9.84 Å². The van der Waals surface area contributed by atoms with Crippen LogP contribution in [0.1, 0.15) is 22.5 Å². The van der Waals surface area contributed by atoms with Gasteiger partial charge in [-0.15, -0.1) is 0 Å². The number of aromatic carboxylic acids is 1. The van der Waals surface area contributed by atoms with Crippen LogP contribution in [0, 0.1) is 0 Å². The molecule has 0 aliphatic carbocycles. The molecule has 1 atom stereocenters. The van der Waals surface area contributed by atoms with Crippen LogP contribution in [0.3, 0.4) is 0 Å². The van der Waals surface area contributed by atoms with Crippen molar-refractivity contribution in [3.05, 3.63) is 41.9 Å². The highest BCUT2D eigenvalue weighted by Crippen LogP contribution is 2.25. The molecule has 0 spiro atoms. The van der Waals surface area contributed by atoms with Gasteiger partial charge in [-0.1, -0.05) is 0 Å². The van der Waals surface area contributed by atoms with Crippen LogP contribution in [0.4, 0.5) is 0 Å². The molecule has 1 aromatic heterocycles. The number of nitrogens with zero attached hydrogens (tertiary/aromatic N) is 2. The van der Waals surface area contributed by atoms with Gasteiger partial charge in [0.15, 0.2) is 0 Å². The number of nitrogens with one attached hydrogen (secondary N) is 1. The summed E-state index contributed by atoms with van der Waals surface area (Å²) in [5.41, 5.74) is 1.99. The van der Waals surface area contributed by atoms with E-state index in [1.807, 2.05) is 6.07 Å². The number of rotatable bonds is 5. The van der Waals surface area contributed by atoms with Crippen LogP contribution >= 0.6 is 0 Å². The standard InChI is InChI=1S/C17H19N3O4/c21-16-4-1-11(7-14(16)17(22)23)15-8-12(19-10-20-15)2-3-13-9-18-5-6-24-13/h1,4,7-8,10,13,18,21H,2-3,5-6,9H2,(H,22,23). The summed E-state index contributed by atoms with van der Waals surface area (Å²) in [7, 11) is 0. The number of carboxylic acids is 1. The highest BCUT2D eigenvalue weighted by atomic mass is 16.5. The maximum Gasteiger partial charge on any atom is 0.339 e. The lowest BCUT2D eigenvalue weighted by atomic mass is 10.0. The molecule has 7 nitrogen and oxygen atoms in total. The first-order chi connectivity index (χ1) is 11.6. The summed E-state index contributed by atoms with van der Waals surface area (Å²) in [5, 5.41) is 22.0. The smallest absolute Gasteiger partial charge is 0.339 e. The summed E-state index contributed by atoms with van der Waals surface area (Å²) in [5.74, 6) is -1.44. The summed E-state index contributed by atoms with van der Waals surface area (Å²) >= 11 is 0. The Morgan fingerprint density at radius 1 is 1.33 bits per heavy atom. The maximum absolute atomic E-state index is 11.1. The molecular formula is C17H19N3O4. The first kappa shape index (κ1) is 16.4. The third-order valence-electron chi connectivity index (χ3n) is 3.97. The van der Waals surface area contributed by atoms with Crippen molar-refractivity contribution in [2.24, 2.45) is 0 Å². The molecule has 2 aromatic rings. The molecule has 1 aliphatic rings. The second kappa shape index (κ2) is 7.37. The first-order valence-electron chi connectivity index (χ1n) is 7.83. The molecular weight excluding hydrogens is 310 g/mol. The topological polar surface area (TPSA) is 105 Å². The average Bonchev–Trinajstić information content (AvgIpc) is 2.61. The number of aromatic hydroxyl groups is 1. The zero-order valence-corrected chi connectivity index (χ0v) is 13.1. The number of hydrogen-bond acceptors (Lipinski definition) is 6. The first-order valence-corrected chi connectivity index (χ1v) is 7.83. The lowest BCUT2D eigenvalue weighted by molar-refractivity contribution is 0.0237. The molecule has 0 saturated carbocycles. The summed E-state index contributed by atoms with van der Waals surface area (Å²) in [4.78, 5) is 19.6. The molecule has 0 bridgehead atoms. The predicted octanol–water partition coefficient (Wildman–Crippen LogP) is 1.47. The Bertz CT molecular complexity index is 730. The van der Waals surface area contributed by atoms with Crippen molar-refractivity contribution in [1.29, 1.82) is 0 Å². The molecule has 0 radical (unpaired) electrons. The number of morpholine rings is 1. The van der Waals surface area contributed by atoms with Gasteiger partial charge in [-0.25, -0.2) is 14.8 Å². The van der Waals surface area contributed by atoms with Crippen molar-refractivity contribution in [1.82, 2.24) is 15.3 Å². The molecule has 1 aliphatic heterocycles.